The largest absolute Gasteiger partial charge is 0.341 e. The number of nitrogens with one attached hydrogen (secondary N) is 1. The highest BCUT2D eigenvalue weighted by molar-refractivity contribution is 5.83. The molecule has 6 heteroatoms. The van der Waals surface area contributed by atoms with Crippen molar-refractivity contribution in [2.24, 2.45) is 0 Å². The molecular formula is C19H25N5O. The van der Waals surface area contributed by atoms with Crippen LogP contribution in [0.1, 0.15) is 43.1 Å². The first-order chi connectivity index (χ1) is 12.3. The number of fused-ring (bicyclic) bond motifs is 1. The van der Waals surface area contributed by atoms with Crippen LogP contribution in [0.3, 0.4) is 0 Å². The molecule has 2 aliphatic heterocycles. The lowest BCUT2D eigenvalue weighted by Gasteiger charge is -2.34. The topological polar surface area (TPSA) is 63.1 Å². The highest BCUT2D eigenvalue weighted by Gasteiger charge is 2.30. The maximum Gasteiger partial charge on any atom is 0.244 e. The van der Waals surface area contributed by atoms with Crippen LogP contribution >= 0.6 is 0 Å². The van der Waals surface area contributed by atoms with Gasteiger partial charge in [-0.15, -0.1) is 0 Å². The number of likely N-dealkylation sites (tertiary alicyclic amines) is 1. The van der Waals surface area contributed by atoms with E-state index in [1.54, 1.807) is 6.33 Å². The molecule has 6 nitrogen and oxygen atoms in total. The molecule has 1 N–H and O–H groups in total. The minimum Gasteiger partial charge on any atom is -0.341 e. The van der Waals surface area contributed by atoms with E-state index in [-0.39, 0.29) is 18.0 Å². The van der Waals surface area contributed by atoms with Gasteiger partial charge in [-0.1, -0.05) is 30.3 Å². The summed E-state index contributed by atoms with van der Waals surface area (Å²) in [4.78, 5) is 19.5. The Balaban J connectivity index is 1.52. The summed E-state index contributed by atoms with van der Waals surface area (Å²) in [6.45, 7) is 2.52. The van der Waals surface area contributed by atoms with Gasteiger partial charge >= 0.3 is 0 Å². The molecule has 3 heterocycles. The second-order valence-electron chi connectivity index (χ2n) is 6.99. The SMILES string of the molecule is O=C([C@H](N[C@@H]1CCc2ncnn2C1)c1ccccc1)N1CCCCC1. The molecule has 1 aromatic heterocycles. The lowest BCUT2D eigenvalue weighted by Crippen LogP contribution is -2.48. The van der Waals surface area contributed by atoms with E-state index in [2.05, 4.69) is 15.4 Å². The minimum absolute atomic E-state index is 0.204. The van der Waals surface area contributed by atoms with E-state index in [0.717, 1.165) is 56.7 Å². The Kier molecular flexibility index (Phi) is 4.78. The average molecular weight is 339 g/mol. The third-order valence-corrected chi connectivity index (χ3v) is 5.26. The molecule has 0 unspecified atom stereocenters. The van der Waals surface area contributed by atoms with E-state index >= 15 is 0 Å². The Labute approximate surface area is 148 Å². The van der Waals surface area contributed by atoms with Crippen molar-refractivity contribution in [3.05, 3.63) is 48.0 Å². The predicted molar refractivity (Wildman–Crippen MR) is 94.9 cm³/mol. The molecule has 1 fully saturated rings. The standard InChI is InChI=1S/C19H25N5O/c25-19(23-11-5-2-6-12-23)18(15-7-3-1-4-8-15)22-16-9-10-17-20-14-21-24(17)13-16/h1,3-4,7-8,14,16,18,22H,2,5-6,9-13H2/t16-,18-/m1/s1. The Morgan fingerprint density at radius 3 is 2.76 bits per heavy atom. The van der Waals surface area contributed by atoms with Gasteiger partial charge in [0.25, 0.3) is 0 Å². The zero-order valence-corrected chi connectivity index (χ0v) is 14.5. The number of piperidine rings is 1. The first-order valence-electron chi connectivity index (χ1n) is 9.28. The number of benzene rings is 1. The first-order valence-corrected chi connectivity index (χ1v) is 9.28. The number of aryl methyl sites for hydroxylation is 1. The lowest BCUT2D eigenvalue weighted by molar-refractivity contribution is -0.134. The van der Waals surface area contributed by atoms with Crippen LogP contribution in [0, 0.1) is 0 Å². The monoisotopic (exact) mass is 339 g/mol. The molecule has 2 aliphatic rings. The fraction of sp³-hybridized carbons (Fsp3) is 0.526. The summed E-state index contributed by atoms with van der Waals surface area (Å²) in [5.41, 5.74) is 1.04. The lowest BCUT2D eigenvalue weighted by atomic mass is 10.00. The molecule has 1 amide bonds. The molecule has 4 rings (SSSR count). The van der Waals surface area contributed by atoms with E-state index in [9.17, 15) is 4.79 Å². The Hall–Kier alpha value is -2.21. The van der Waals surface area contributed by atoms with E-state index in [1.807, 2.05) is 39.9 Å². The van der Waals surface area contributed by atoms with Crippen LogP contribution in [-0.4, -0.2) is 44.7 Å². The summed E-state index contributed by atoms with van der Waals surface area (Å²) < 4.78 is 1.95. The van der Waals surface area contributed by atoms with Gasteiger partial charge in [0.05, 0.1) is 6.54 Å². The average Bonchev–Trinajstić information content (AvgIpc) is 3.15. The van der Waals surface area contributed by atoms with Crippen molar-refractivity contribution in [2.45, 2.75) is 50.7 Å². The molecular weight excluding hydrogens is 314 g/mol. The highest BCUT2D eigenvalue weighted by Crippen LogP contribution is 2.22. The molecule has 132 valence electrons. The predicted octanol–water partition coefficient (Wildman–Crippen LogP) is 1.94. The van der Waals surface area contributed by atoms with Crippen molar-refractivity contribution < 1.29 is 4.79 Å². The van der Waals surface area contributed by atoms with Gasteiger partial charge in [-0.3, -0.25) is 10.1 Å². The molecule has 0 saturated carbocycles. The summed E-state index contributed by atoms with van der Waals surface area (Å²) in [5.74, 6) is 1.24. The van der Waals surface area contributed by atoms with Crippen LogP contribution in [0.2, 0.25) is 0 Å². The van der Waals surface area contributed by atoms with E-state index < -0.39 is 0 Å². The molecule has 0 spiro atoms. The van der Waals surface area contributed by atoms with Gasteiger partial charge in [0.2, 0.25) is 5.91 Å². The van der Waals surface area contributed by atoms with Gasteiger partial charge in [0.15, 0.2) is 0 Å². The zero-order valence-electron chi connectivity index (χ0n) is 14.5. The molecule has 2 atom stereocenters. The zero-order chi connectivity index (χ0) is 17.1. The number of rotatable bonds is 4. The first kappa shape index (κ1) is 16.3. The summed E-state index contributed by atoms with van der Waals surface area (Å²) in [6, 6.07) is 10.0. The second kappa shape index (κ2) is 7.35. The van der Waals surface area contributed by atoms with Gasteiger partial charge < -0.3 is 4.90 Å². The summed E-state index contributed by atoms with van der Waals surface area (Å²) in [7, 11) is 0. The quantitative estimate of drug-likeness (QED) is 0.925. The third-order valence-electron chi connectivity index (χ3n) is 5.26. The van der Waals surface area contributed by atoms with Crippen LogP contribution in [-0.2, 0) is 17.8 Å². The maximum absolute atomic E-state index is 13.2. The molecule has 0 aliphatic carbocycles. The Morgan fingerprint density at radius 1 is 1.16 bits per heavy atom. The van der Waals surface area contributed by atoms with Gasteiger partial charge in [0, 0.05) is 25.6 Å². The summed E-state index contributed by atoms with van der Waals surface area (Å²) in [6.07, 6.45) is 6.95. The number of hydrogen-bond donors (Lipinski definition) is 1. The van der Waals surface area contributed by atoms with Crippen LogP contribution in [0.25, 0.3) is 0 Å². The number of hydrogen-bond acceptors (Lipinski definition) is 4. The van der Waals surface area contributed by atoms with E-state index in [1.165, 1.54) is 6.42 Å². The molecule has 0 radical (unpaired) electrons. The van der Waals surface area contributed by atoms with Crippen molar-refractivity contribution in [3.8, 4) is 0 Å². The molecule has 2 aromatic rings. The Bertz CT molecular complexity index is 708. The van der Waals surface area contributed by atoms with Crippen molar-refractivity contribution in [1.82, 2.24) is 25.0 Å². The maximum atomic E-state index is 13.2. The smallest absolute Gasteiger partial charge is 0.244 e. The Morgan fingerprint density at radius 2 is 1.96 bits per heavy atom. The van der Waals surface area contributed by atoms with Gasteiger partial charge in [-0.05, 0) is 31.2 Å². The van der Waals surface area contributed by atoms with E-state index in [0.29, 0.717) is 0 Å². The number of carbonyl (C=O) groups is 1. The van der Waals surface area contributed by atoms with Crippen LogP contribution in [0.4, 0.5) is 0 Å². The van der Waals surface area contributed by atoms with Crippen LogP contribution in [0.15, 0.2) is 36.7 Å². The highest BCUT2D eigenvalue weighted by atomic mass is 16.2. The van der Waals surface area contributed by atoms with Crippen molar-refractivity contribution in [1.29, 1.82) is 0 Å². The van der Waals surface area contributed by atoms with Crippen molar-refractivity contribution in [2.75, 3.05) is 13.1 Å². The van der Waals surface area contributed by atoms with Crippen molar-refractivity contribution >= 4 is 5.91 Å². The number of carbonyl (C=O) groups excluding carboxylic acids is 1. The van der Waals surface area contributed by atoms with Gasteiger partial charge in [-0.2, -0.15) is 5.10 Å². The molecule has 1 aromatic carbocycles. The number of aromatic nitrogens is 3. The number of amides is 1. The van der Waals surface area contributed by atoms with E-state index in [4.69, 9.17) is 0 Å². The summed E-state index contributed by atoms with van der Waals surface area (Å²) in [5, 5.41) is 7.91. The number of nitrogens with zero attached hydrogens (tertiary/aromatic N) is 4. The second-order valence-corrected chi connectivity index (χ2v) is 6.99. The van der Waals surface area contributed by atoms with Gasteiger partial charge in [-0.25, -0.2) is 9.67 Å². The van der Waals surface area contributed by atoms with Crippen molar-refractivity contribution in [3.63, 3.8) is 0 Å². The normalized spacial score (nSPS) is 21.6. The molecule has 0 bridgehead atoms. The molecule has 1 saturated heterocycles. The minimum atomic E-state index is -0.283. The summed E-state index contributed by atoms with van der Waals surface area (Å²) >= 11 is 0. The fourth-order valence-corrected chi connectivity index (χ4v) is 3.86. The third kappa shape index (κ3) is 3.58. The fourth-order valence-electron chi connectivity index (χ4n) is 3.86. The van der Waals surface area contributed by atoms with Gasteiger partial charge in [0.1, 0.15) is 18.2 Å². The van der Waals surface area contributed by atoms with Crippen LogP contribution in [0.5, 0.6) is 0 Å². The van der Waals surface area contributed by atoms with Crippen LogP contribution < -0.4 is 5.32 Å². The molecule has 25 heavy (non-hydrogen) atoms.